The maximum Gasteiger partial charge on any atom is 0.135 e. The van der Waals surface area contributed by atoms with Gasteiger partial charge >= 0.3 is 0 Å². The quantitative estimate of drug-likeness (QED) is 0.417. The molecule has 0 aliphatic carbocycles. The molecule has 0 N–H and O–H groups in total. The molecule has 0 bridgehead atoms. The summed E-state index contributed by atoms with van der Waals surface area (Å²) in [5.74, 6) is 0. The number of fused-ring (bicyclic) bond motifs is 3. The number of furan rings is 1. The van der Waals surface area contributed by atoms with Crippen LogP contribution in [0.3, 0.4) is 0 Å². The summed E-state index contributed by atoms with van der Waals surface area (Å²) >= 11 is 3.12. The first-order valence-electron chi connectivity index (χ1n) is 8.16. The van der Waals surface area contributed by atoms with Crippen molar-refractivity contribution in [2.45, 2.75) is 0 Å². The molecule has 4 aromatic rings. The van der Waals surface area contributed by atoms with Crippen LogP contribution in [0.25, 0.3) is 33.1 Å². The van der Waals surface area contributed by atoms with Crippen molar-refractivity contribution < 1.29 is 9.90 Å². The van der Waals surface area contributed by atoms with Crippen molar-refractivity contribution in [3.05, 3.63) is 71.1 Å². The average Bonchev–Trinajstić information content (AvgIpc) is 2.96. The first kappa shape index (κ1) is 8.28. The number of benzene rings is 3. The van der Waals surface area contributed by atoms with Gasteiger partial charge in [-0.1, -0.05) is 52.3 Å². The van der Waals surface area contributed by atoms with Gasteiger partial charge in [-0.3, -0.25) is 0 Å². The minimum atomic E-state index is -0.0804. The van der Waals surface area contributed by atoms with Crippen LogP contribution in [0, 0.1) is 0 Å². The van der Waals surface area contributed by atoms with Gasteiger partial charge in [-0.15, -0.1) is 0 Å². The van der Waals surface area contributed by atoms with Crippen LogP contribution < -0.4 is 0 Å². The molecule has 0 aliphatic heterocycles. The number of hydrogen-bond acceptors (Lipinski definition) is 1. The fraction of sp³-hybridized carbons (Fsp3) is 0. The molecule has 2 heteroatoms. The summed E-state index contributed by atoms with van der Waals surface area (Å²) in [5.41, 5.74) is 2.44. The molecule has 0 saturated carbocycles. The summed E-state index contributed by atoms with van der Waals surface area (Å²) in [6.45, 7) is 0. The Hall–Kier alpha value is -2.06. The zero-order valence-corrected chi connectivity index (χ0v) is 11.9. The van der Waals surface area contributed by atoms with E-state index in [4.69, 9.17) is 9.90 Å². The van der Waals surface area contributed by atoms with Crippen LogP contribution in [0.4, 0.5) is 0 Å². The number of para-hydroxylation sites is 1. The maximum absolute atomic E-state index is 8.20. The van der Waals surface area contributed by atoms with E-state index in [2.05, 4.69) is 15.9 Å². The fourth-order valence-corrected chi connectivity index (χ4v) is 2.52. The van der Waals surface area contributed by atoms with Crippen LogP contribution in [0.1, 0.15) is 5.48 Å². The molecule has 0 fully saturated rings. The molecule has 0 radical (unpaired) electrons. The Labute approximate surface area is 130 Å². The van der Waals surface area contributed by atoms with Crippen LogP contribution in [0.2, 0.25) is 0 Å². The molecule has 0 saturated heterocycles. The van der Waals surface area contributed by atoms with Crippen molar-refractivity contribution in [3.63, 3.8) is 0 Å². The van der Waals surface area contributed by atoms with E-state index in [1.165, 1.54) is 0 Å². The predicted molar refractivity (Wildman–Crippen MR) is 86.9 cm³/mol. The molecule has 0 unspecified atom stereocenters. The number of halogens is 1. The van der Waals surface area contributed by atoms with Crippen molar-refractivity contribution >= 4 is 37.9 Å². The van der Waals surface area contributed by atoms with Crippen LogP contribution in [-0.2, 0) is 0 Å². The molecule has 0 amide bonds. The predicted octanol–water partition coefficient (Wildman–Crippen LogP) is 6.02. The third-order valence-corrected chi connectivity index (χ3v) is 3.66. The molecule has 1 heterocycles. The molecule has 1 nitrogen and oxygen atoms in total. The van der Waals surface area contributed by atoms with E-state index in [1.807, 2.05) is 30.3 Å². The topological polar surface area (TPSA) is 13.1 Å². The second kappa shape index (κ2) is 4.50. The lowest BCUT2D eigenvalue weighted by molar-refractivity contribution is 0.669. The SMILES string of the molecule is [2H]c1c([2H])c(-c2ccc3oc4ccccc4c3c2)c([2H])c([2H])c1Br. The van der Waals surface area contributed by atoms with Crippen molar-refractivity contribution in [1.82, 2.24) is 0 Å². The highest BCUT2D eigenvalue weighted by molar-refractivity contribution is 9.10. The highest BCUT2D eigenvalue weighted by atomic mass is 79.9. The Morgan fingerprint density at radius 1 is 0.800 bits per heavy atom. The first-order chi connectivity index (χ1) is 11.5. The van der Waals surface area contributed by atoms with Crippen molar-refractivity contribution in [3.8, 4) is 11.1 Å². The maximum atomic E-state index is 8.20. The van der Waals surface area contributed by atoms with E-state index in [0.717, 1.165) is 21.9 Å². The smallest absolute Gasteiger partial charge is 0.135 e. The van der Waals surface area contributed by atoms with Crippen molar-refractivity contribution in [2.24, 2.45) is 0 Å². The number of rotatable bonds is 1. The van der Waals surface area contributed by atoms with E-state index in [-0.39, 0.29) is 28.6 Å². The lowest BCUT2D eigenvalue weighted by Crippen LogP contribution is -1.77. The van der Waals surface area contributed by atoms with E-state index < -0.39 is 0 Å². The first-order valence-corrected chi connectivity index (χ1v) is 6.96. The third kappa shape index (κ3) is 1.84. The zero-order valence-electron chi connectivity index (χ0n) is 14.3. The minimum Gasteiger partial charge on any atom is -0.456 e. The van der Waals surface area contributed by atoms with E-state index >= 15 is 0 Å². The van der Waals surface area contributed by atoms with Crippen molar-refractivity contribution in [2.75, 3.05) is 0 Å². The zero-order chi connectivity index (χ0) is 17.0. The Bertz CT molecular complexity index is 1090. The van der Waals surface area contributed by atoms with Gasteiger partial charge in [0.1, 0.15) is 11.2 Å². The molecular formula is C18H11BrO. The largest absolute Gasteiger partial charge is 0.456 e. The normalized spacial score (nSPS) is 14.1. The van der Waals surface area contributed by atoms with Gasteiger partial charge in [-0.2, -0.15) is 0 Å². The molecule has 0 atom stereocenters. The Kier molecular flexibility index (Phi) is 1.86. The van der Waals surface area contributed by atoms with E-state index in [1.54, 1.807) is 12.1 Å². The Morgan fingerprint density at radius 3 is 2.40 bits per heavy atom. The van der Waals surface area contributed by atoms with E-state index in [9.17, 15) is 0 Å². The van der Waals surface area contributed by atoms with Gasteiger partial charge in [-0.25, -0.2) is 0 Å². The highest BCUT2D eigenvalue weighted by Crippen LogP contribution is 2.32. The van der Waals surface area contributed by atoms with Gasteiger partial charge < -0.3 is 4.42 Å². The second-order valence-electron chi connectivity index (χ2n) is 4.50. The van der Waals surface area contributed by atoms with Gasteiger partial charge in [0.25, 0.3) is 0 Å². The van der Waals surface area contributed by atoms with Crippen LogP contribution in [-0.4, -0.2) is 0 Å². The lowest BCUT2D eigenvalue weighted by Gasteiger charge is -2.02. The lowest BCUT2D eigenvalue weighted by atomic mass is 10.0. The summed E-state index contributed by atoms with van der Waals surface area (Å²) in [4.78, 5) is 0. The molecule has 3 aromatic carbocycles. The molecule has 4 rings (SSSR count). The molecule has 0 spiro atoms. The molecule has 1 aromatic heterocycles. The fourth-order valence-electron chi connectivity index (χ4n) is 2.32. The Morgan fingerprint density at radius 2 is 1.55 bits per heavy atom. The van der Waals surface area contributed by atoms with Crippen LogP contribution >= 0.6 is 15.9 Å². The molecular weight excluding hydrogens is 312 g/mol. The van der Waals surface area contributed by atoms with Crippen LogP contribution in [0.5, 0.6) is 0 Å². The summed E-state index contributed by atoms with van der Waals surface area (Å²) in [6, 6.07) is 12.8. The Balaban J connectivity index is 2.06. The van der Waals surface area contributed by atoms with Gasteiger partial charge in [0.2, 0.25) is 0 Å². The van der Waals surface area contributed by atoms with Crippen molar-refractivity contribution in [1.29, 1.82) is 0 Å². The minimum absolute atomic E-state index is 0.0602. The second-order valence-corrected chi connectivity index (χ2v) is 5.29. The third-order valence-electron chi connectivity index (χ3n) is 3.26. The average molecular weight is 327 g/mol. The number of hydrogen-bond donors (Lipinski definition) is 0. The summed E-state index contributed by atoms with van der Waals surface area (Å²) in [7, 11) is 0. The standard InChI is InChI=1S/C18H11BrO/c19-14-8-5-12(6-9-14)13-7-10-18-16(11-13)15-3-1-2-4-17(15)20-18/h1-11H/i5D,6D,8D,9D. The monoisotopic (exact) mass is 326 g/mol. The summed E-state index contributed by atoms with van der Waals surface area (Å²) in [6.07, 6.45) is 0. The van der Waals surface area contributed by atoms with Gasteiger partial charge in [0, 0.05) is 15.2 Å². The van der Waals surface area contributed by atoms with Crippen LogP contribution in [0.15, 0.2) is 75.5 Å². The highest BCUT2D eigenvalue weighted by Gasteiger charge is 2.07. The van der Waals surface area contributed by atoms with Gasteiger partial charge in [-0.05, 0) is 41.4 Å². The summed E-state index contributed by atoms with van der Waals surface area (Å²) < 4.78 is 38.3. The van der Waals surface area contributed by atoms with Gasteiger partial charge in [0.05, 0.1) is 5.48 Å². The molecule has 20 heavy (non-hydrogen) atoms. The molecule has 96 valence electrons. The van der Waals surface area contributed by atoms with E-state index in [0.29, 0.717) is 11.1 Å². The summed E-state index contributed by atoms with van der Waals surface area (Å²) in [5, 5.41) is 1.85. The molecule has 0 aliphatic rings. The van der Waals surface area contributed by atoms with Gasteiger partial charge in [0.15, 0.2) is 0 Å².